The number of hydrogen-bond acceptors (Lipinski definition) is 1. The molecule has 0 spiro atoms. The van der Waals surface area contributed by atoms with Gasteiger partial charge in [0.05, 0.1) is 11.6 Å². The highest BCUT2D eigenvalue weighted by molar-refractivity contribution is 9.10. The summed E-state index contributed by atoms with van der Waals surface area (Å²) in [5.74, 6) is -0.726. The van der Waals surface area contributed by atoms with E-state index in [1.54, 1.807) is 17.0 Å². The molecule has 1 atom stereocenters. The molecule has 3 rings (SSSR count). The zero-order valence-electron chi connectivity index (χ0n) is 10.8. The fourth-order valence-corrected chi connectivity index (χ4v) is 3.06. The molecule has 1 aliphatic heterocycles. The molecule has 1 saturated heterocycles. The van der Waals surface area contributed by atoms with Gasteiger partial charge in [0.2, 0.25) is 0 Å². The lowest BCUT2D eigenvalue weighted by molar-refractivity contribution is 0.0728. The van der Waals surface area contributed by atoms with Gasteiger partial charge in [-0.15, -0.1) is 0 Å². The maximum atomic E-state index is 13.9. The molecule has 1 aromatic carbocycles. The third-order valence-electron chi connectivity index (χ3n) is 3.65. The molecule has 0 aliphatic carbocycles. The van der Waals surface area contributed by atoms with Crippen molar-refractivity contribution >= 4 is 21.8 Å². The van der Waals surface area contributed by atoms with E-state index in [9.17, 15) is 9.18 Å². The van der Waals surface area contributed by atoms with Crippen molar-refractivity contribution in [1.82, 2.24) is 9.88 Å². The molecule has 3 nitrogen and oxygen atoms in total. The van der Waals surface area contributed by atoms with Gasteiger partial charge in [0.15, 0.2) is 0 Å². The van der Waals surface area contributed by atoms with Crippen LogP contribution in [0.3, 0.4) is 0 Å². The predicted molar refractivity (Wildman–Crippen MR) is 77.9 cm³/mol. The molecule has 1 unspecified atom stereocenters. The molecular weight excluding hydrogens is 323 g/mol. The van der Waals surface area contributed by atoms with Crippen LogP contribution in [0, 0.1) is 5.82 Å². The SMILES string of the molecule is O=C(c1cc(Br)ccc1F)N1CCCC1c1ccc[nH]1. The van der Waals surface area contributed by atoms with Crippen LogP contribution < -0.4 is 0 Å². The van der Waals surface area contributed by atoms with Crippen LogP contribution in [0.4, 0.5) is 4.39 Å². The number of halogens is 2. The third kappa shape index (κ3) is 2.38. The van der Waals surface area contributed by atoms with Gasteiger partial charge in [-0.1, -0.05) is 15.9 Å². The molecule has 5 heteroatoms. The Hall–Kier alpha value is -1.62. The van der Waals surface area contributed by atoms with Crippen LogP contribution in [-0.2, 0) is 0 Å². The second kappa shape index (κ2) is 5.40. The van der Waals surface area contributed by atoms with Gasteiger partial charge in [-0.3, -0.25) is 4.79 Å². The van der Waals surface area contributed by atoms with E-state index in [-0.39, 0.29) is 17.5 Å². The number of nitrogens with one attached hydrogen (secondary N) is 1. The highest BCUT2D eigenvalue weighted by Crippen LogP contribution is 2.32. The number of carbonyl (C=O) groups is 1. The van der Waals surface area contributed by atoms with E-state index in [0.717, 1.165) is 18.5 Å². The predicted octanol–water partition coefficient (Wildman–Crippen LogP) is 3.89. The summed E-state index contributed by atoms with van der Waals surface area (Å²) in [5, 5.41) is 0. The number of H-pyrrole nitrogens is 1. The second-order valence-corrected chi connectivity index (χ2v) is 5.82. The van der Waals surface area contributed by atoms with Gasteiger partial charge >= 0.3 is 0 Å². The van der Waals surface area contributed by atoms with E-state index in [0.29, 0.717) is 11.0 Å². The molecular formula is C15H14BrFN2O. The molecule has 2 heterocycles. The van der Waals surface area contributed by atoms with Crippen molar-refractivity contribution < 1.29 is 9.18 Å². The summed E-state index contributed by atoms with van der Waals surface area (Å²) >= 11 is 3.28. The van der Waals surface area contributed by atoms with Gasteiger partial charge < -0.3 is 9.88 Å². The lowest BCUT2D eigenvalue weighted by atomic mass is 10.1. The number of nitrogens with zero attached hydrogens (tertiary/aromatic N) is 1. The summed E-state index contributed by atoms with van der Waals surface area (Å²) in [6.07, 6.45) is 3.68. The average molecular weight is 337 g/mol. The molecule has 104 valence electrons. The highest BCUT2D eigenvalue weighted by atomic mass is 79.9. The van der Waals surface area contributed by atoms with Gasteiger partial charge in [-0.2, -0.15) is 0 Å². The Balaban J connectivity index is 1.91. The molecule has 20 heavy (non-hydrogen) atoms. The van der Waals surface area contributed by atoms with Crippen LogP contribution in [0.2, 0.25) is 0 Å². The summed E-state index contributed by atoms with van der Waals surface area (Å²) in [6.45, 7) is 0.661. The maximum Gasteiger partial charge on any atom is 0.257 e. The first-order valence-corrected chi connectivity index (χ1v) is 7.35. The Labute approximate surface area is 124 Å². The molecule has 1 amide bonds. The van der Waals surface area contributed by atoms with Crippen LogP contribution in [0.25, 0.3) is 0 Å². The van der Waals surface area contributed by atoms with E-state index < -0.39 is 5.82 Å². The normalized spacial score (nSPS) is 18.5. The van der Waals surface area contributed by atoms with E-state index in [1.165, 1.54) is 6.07 Å². The molecule has 1 aromatic heterocycles. The highest BCUT2D eigenvalue weighted by Gasteiger charge is 2.32. The van der Waals surface area contributed by atoms with Crippen LogP contribution >= 0.6 is 15.9 Å². The van der Waals surface area contributed by atoms with Crippen molar-refractivity contribution in [2.45, 2.75) is 18.9 Å². The molecule has 0 radical (unpaired) electrons. The number of amides is 1. The van der Waals surface area contributed by atoms with E-state index in [2.05, 4.69) is 20.9 Å². The topological polar surface area (TPSA) is 36.1 Å². The molecule has 1 N–H and O–H groups in total. The molecule has 0 bridgehead atoms. The van der Waals surface area contributed by atoms with Crippen molar-refractivity contribution in [2.75, 3.05) is 6.54 Å². The number of rotatable bonds is 2. The fourth-order valence-electron chi connectivity index (χ4n) is 2.70. The monoisotopic (exact) mass is 336 g/mol. The minimum Gasteiger partial charge on any atom is -0.363 e. The van der Waals surface area contributed by atoms with Crippen molar-refractivity contribution in [3.05, 3.63) is 58.1 Å². The zero-order chi connectivity index (χ0) is 14.1. The van der Waals surface area contributed by atoms with Crippen molar-refractivity contribution in [3.63, 3.8) is 0 Å². The second-order valence-electron chi connectivity index (χ2n) is 4.91. The van der Waals surface area contributed by atoms with E-state index >= 15 is 0 Å². The first-order valence-electron chi connectivity index (χ1n) is 6.56. The standard InChI is InChI=1S/C15H14BrFN2O/c16-10-5-6-12(17)11(9-10)15(20)19-8-2-4-14(19)13-3-1-7-18-13/h1,3,5-7,9,14,18H,2,4,8H2. The number of aromatic nitrogens is 1. The Kier molecular flexibility index (Phi) is 3.61. The number of carbonyl (C=O) groups excluding carboxylic acids is 1. The fraction of sp³-hybridized carbons (Fsp3) is 0.267. The quantitative estimate of drug-likeness (QED) is 0.887. The summed E-state index contributed by atoms with van der Waals surface area (Å²) in [6, 6.07) is 8.34. The first-order chi connectivity index (χ1) is 9.66. The maximum absolute atomic E-state index is 13.9. The number of benzene rings is 1. The van der Waals surface area contributed by atoms with E-state index in [4.69, 9.17) is 0 Å². The Morgan fingerprint density at radius 1 is 1.40 bits per heavy atom. The molecule has 0 saturated carbocycles. The molecule has 1 fully saturated rings. The Bertz CT molecular complexity index is 627. The third-order valence-corrected chi connectivity index (χ3v) is 4.15. The zero-order valence-corrected chi connectivity index (χ0v) is 12.4. The average Bonchev–Trinajstić information content (AvgIpc) is 3.10. The number of aromatic amines is 1. The van der Waals surface area contributed by atoms with E-state index in [1.807, 2.05) is 18.3 Å². The minimum atomic E-state index is -0.477. The van der Waals surface area contributed by atoms with Gasteiger partial charge in [-0.05, 0) is 43.2 Å². The molecule has 2 aromatic rings. The lowest BCUT2D eigenvalue weighted by Gasteiger charge is -2.24. The van der Waals surface area contributed by atoms with Crippen LogP contribution in [0.1, 0.15) is 34.9 Å². The summed E-state index contributed by atoms with van der Waals surface area (Å²) in [7, 11) is 0. The van der Waals surface area contributed by atoms with Gasteiger partial charge in [0.1, 0.15) is 5.82 Å². The largest absolute Gasteiger partial charge is 0.363 e. The number of hydrogen-bond donors (Lipinski definition) is 1. The Morgan fingerprint density at radius 2 is 2.25 bits per heavy atom. The van der Waals surface area contributed by atoms with Crippen molar-refractivity contribution in [2.24, 2.45) is 0 Å². The van der Waals surface area contributed by atoms with Crippen molar-refractivity contribution in [3.8, 4) is 0 Å². The molecule has 1 aliphatic rings. The van der Waals surface area contributed by atoms with Gasteiger partial charge in [-0.25, -0.2) is 4.39 Å². The first kappa shape index (κ1) is 13.4. The smallest absolute Gasteiger partial charge is 0.257 e. The Morgan fingerprint density at radius 3 is 3.00 bits per heavy atom. The van der Waals surface area contributed by atoms with Crippen molar-refractivity contribution in [1.29, 1.82) is 0 Å². The van der Waals surface area contributed by atoms with Gasteiger partial charge in [0.25, 0.3) is 5.91 Å². The summed E-state index contributed by atoms with van der Waals surface area (Å²) in [4.78, 5) is 17.5. The van der Waals surface area contributed by atoms with Crippen LogP contribution in [0.5, 0.6) is 0 Å². The number of likely N-dealkylation sites (tertiary alicyclic amines) is 1. The van der Waals surface area contributed by atoms with Crippen LogP contribution in [0.15, 0.2) is 41.0 Å². The lowest BCUT2D eigenvalue weighted by Crippen LogP contribution is -2.31. The summed E-state index contributed by atoms with van der Waals surface area (Å²) in [5.41, 5.74) is 1.13. The minimum absolute atomic E-state index is 0.0101. The summed E-state index contributed by atoms with van der Waals surface area (Å²) < 4.78 is 14.6. The van der Waals surface area contributed by atoms with Crippen LogP contribution in [-0.4, -0.2) is 22.3 Å². The van der Waals surface area contributed by atoms with Gasteiger partial charge in [0, 0.05) is 22.9 Å².